The molecular weight excluding hydrogens is 204 g/mol. The maximum Gasteiger partial charge on any atom is 0.224 e. The molecule has 0 fully saturated rings. The second-order valence-electron chi connectivity index (χ2n) is 3.34. The molecule has 0 saturated heterocycles. The predicted octanol–water partition coefficient (Wildman–Crippen LogP) is 1.92. The molecule has 0 aliphatic rings. The number of nitrogens with one attached hydrogen (secondary N) is 1. The standard InChI is InChI=1S/C12H14N2O2/c1-16-7-3-6-12(15)14-11-5-2-4-10(8-11)9-13/h2,4-5,8H,3,6-7H2,1H3,(H,14,15). The SMILES string of the molecule is COCCCC(=O)Nc1cccc(C#N)c1. The Balaban J connectivity index is 2.47. The van der Waals surface area contributed by atoms with Crippen molar-refractivity contribution in [3.8, 4) is 6.07 Å². The predicted molar refractivity (Wildman–Crippen MR) is 60.9 cm³/mol. The zero-order chi connectivity index (χ0) is 11.8. The highest BCUT2D eigenvalue weighted by molar-refractivity contribution is 5.90. The van der Waals surface area contributed by atoms with Gasteiger partial charge in [-0.1, -0.05) is 6.07 Å². The Hall–Kier alpha value is -1.86. The van der Waals surface area contributed by atoms with Crippen molar-refractivity contribution in [2.24, 2.45) is 0 Å². The van der Waals surface area contributed by atoms with Gasteiger partial charge in [0.1, 0.15) is 0 Å². The summed E-state index contributed by atoms with van der Waals surface area (Å²) in [6.45, 7) is 0.575. The number of carbonyl (C=O) groups is 1. The van der Waals surface area contributed by atoms with E-state index in [0.717, 1.165) is 0 Å². The maximum atomic E-state index is 11.4. The molecule has 0 aromatic heterocycles. The first-order valence-corrected chi connectivity index (χ1v) is 5.05. The van der Waals surface area contributed by atoms with Crippen LogP contribution in [0.3, 0.4) is 0 Å². The van der Waals surface area contributed by atoms with Crippen LogP contribution < -0.4 is 5.32 Å². The van der Waals surface area contributed by atoms with Gasteiger partial charge in [0.25, 0.3) is 0 Å². The number of hydrogen-bond acceptors (Lipinski definition) is 3. The Bertz CT molecular complexity index is 396. The summed E-state index contributed by atoms with van der Waals surface area (Å²) in [7, 11) is 1.61. The lowest BCUT2D eigenvalue weighted by molar-refractivity contribution is -0.116. The number of rotatable bonds is 5. The van der Waals surface area contributed by atoms with Gasteiger partial charge < -0.3 is 10.1 Å². The molecule has 0 radical (unpaired) electrons. The summed E-state index contributed by atoms with van der Waals surface area (Å²) < 4.78 is 4.86. The number of carbonyl (C=O) groups excluding carboxylic acids is 1. The van der Waals surface area contributed by atoms with E-state index in [-0.39, 0.29) is 5.91 Å². The average molecular weight is 218 g/mol. The molecule has 1 rings (SSSR count). The lowest BCUT2D eigenvalue weighted by atomic mass is 10.2. The second kappa shape index (κ2) is 6.59. The molecular formula is C12H14N2O2. The first-order valence-electron chi connectivity index (χ1n) is 5.05. The van der Waals surface area contributed by atoms with Gasteiger partial charge in [0.05, 0.1) is 11.6 Å². The van der Waals surface area contributed by atoms with E-state index in [4.69, 9.17) is 10.00 Å². The third-order valence-electron chi connectivity index (χ3n) is 2.03. The first-order chi connectivity index (χ1) is 7.76. The first kappa shape index (κ1) is 12.2. The molecule has 0 heterocycles. The normalized spacial score (nSPS) is 9.50. The number of anilines is 1. The van der Waals surface area contributed by atoms with E-state index in [2.05, 4.69) is 5.32 Å². The Labute approximate surface area is 94.8 Å². The van der Waals surface area contributed by atoms with Crippen LogP contribution in [0.25, 0.3) is 0 Å². The molecule has 0 saturated carbocycles. The summed E-state index contributed by atoms with van der Waals surface area (Å²) in [5.41, 5.74) is 1.19. The van der Waals surface area contributed by atoms with Crippen molar-refractivity contribution in [3.63, 3.8) is 0 Å². The lowest BCUT2D eigenvalue weighted by Crippen LogP contribution is -2.12. The Morgan fingerprint density at radius 1 is 1.56 bits per heavy atom. The van der Waals surface area contributed by atoms with Gasteiger partial charge in [-0.15, -0.1) is 0 Å². The molecule has 1 N–H and O–H groups in total. The summed E-state index contributed by atoms with van der Waals surface area (Å²) in [4.78, 5) is 11.4. The minimum atomic E-state index is -0.0628. The second-order valence-corrected chi connectivity index (χ2v) is 3.34. The van der Waals surface area contributed by atoms with E-state index in [0.29, 0.717) is 30.7 Å². The summed E-state index contributed by atoms with van der Waals surface area (Å²) in [5, 5.41) is 11.4. The molecule has 4 heteroatoms. The van der Waals surface area contributed by atoms with Gasteiger partial charge in [-0.3, -0.25) is 4.79 Å². The molecule has 0 aliphatic carbocycles. The van der Waals surface area contributed by atoms with Crippen LogP contribution in [0.1, 0.15) is 18.4 Å². The summed E-state index contributed by atoms with van der Waals surface area (Å²) >= 11 is 0. The lowest BCUT2D eigenvalue weighted by Gasteiger charge is -2.04. The molecule has 0 atom stereocenters. The highest BCUT2D eigenvalue weighted by atomic mass is 16.5. The van der Waals surface area contributed by atoms with E-state index < -0.39 is 0 Å². The van der Waals surface area contributed by atoms with Gasteiger partial charge in [-0.05, 0) is 24.6 Å². The van der Waals surface area contributed by atoms with Crippen molar-refractivity contribution in [1.29, 1.82) is 5.26 Å². The zero-order valence-electron chi connectivity index (χ0n) is 9.19. The van der Waals surface area contributed by atoms with Crippen LogP contribution in [0, 0.1) is 11.3 Å². The number of nitrogens with zero attached hydrogens (tertiary/aromatic N) is 1. The van der Waals surface area contributed by atoms with Gasteiger partial charge in [-0.2, -0.15) is 5.26 Å². The quantitative estimate of drug-likeness (QED) is 0.768. The largest absolute Gasteiger partial charge is 0.385 e. The Morgan fingerprint density at radius 3 is 3.06 bits per heavy atom. The molecule has 0 spiro atoms. The number of nitriles is 1. The van der Waals surface area contributed by atoms with Gasteiger partial charge in [-0.25, -0.2) is 0 Å². The summed E-state index contributed by atoms with van der Waals surface area (Å²) in [6, 6.07) is 8.86. The molecule has 1 amide bonds. The Kier molecular flexibility index (Phi) is 5.03. The topological polar surface area (TPSA) is 62.1 Å². The van der Waals surface area contributed by atoms with Crippen molar-refractivity contribution in [3.05, 3.63) is 29.8 Å². The molecule has 0 unspecified atom stereocenters. The van der Waals surface area contributed by atoms with E-state index in [1.54, 1.807) is 31.4 Å². The molecule has 16 heavy (non-hydrogen) atoms. The average Bonchev–Trinajstić information content (AvgIpc) is 2.29. The number of amides is 1. The van der Waals surface area contributed by atoms with Crippen LogP contribution in [0.5, 0.6) is 0 Å². The summed E-state index contributed by atoms with van der Waals surface area (Å²) in [6.07, 6.45) is 1.12. The maximum absolute atomic E-state index is 11.4. The van der Waals surface area contributed by atoms with Gasteiger partial charge in [0.15, 0.2) is 0 Å². The van der Waals surface area contributed by atoms with Gasteiger partial charge >= 0.3 is 0 Å². The van der Waals surface area contributed by atoms with Crippen LogP contribution in [0.2, 0.25) is 0 Å². The monoisotopic (exact) mass is 218 g/mol. The van der Waals surface area contributed by atoms with E-state index >= 15 is 0 Å². The van der Waals surface area contributed by atoms with Crippen molar-refractivity contribution in [1.82, 2.24) is 0 Å². The fraction of sp³-hybridized carbons (Fsp3) is 0.333. The highest BCUT2D eigenvalue weighted by Gasteiger charge is 2.02. The minimum Gasteiger partial charge on any atom is -0.385 e. The van der Waals surface area contributed by atoms with E-state index in [1.165, 1.54) is 0 Å². The fourth-order valence-electron chi connectivity index (χ4n) is 1.27. The van der Waals surface area contributed by atoms with Crippen molar-refractivity contribution in [2.75, 3.05) is 19.0 Å². The molecule has 0 bridgehead atoms. The molecule has 84 valence electrons. The van der Waals surface area contributed by atoms with Crippen LogP contribution in [0.15, 0.2) is 24.3 Å². The van der Waals surface area contributed by atoms with Crippen molar-refractivity contribution >= 4 is 11.6 Å². The van der Waals surface area contributed by atoms with Crippen LogP contribution in [0.4, 0.5) is 5.69 Å². The van der Waals surface area contributed by atoms with Crippen LogP contribution in [-0.2, 0) is 9.53 Å². The number of ether oxygens (including phenoxy) is 1. The van der Waals surface area contributed by atoms with E-state index in [1.807, 2.05) is 6.07 Å². The molecule has 0 aliphatic heterocycles. The molecule has 1 aromatic carbocycles. The molecule has 1 aromatic rings. The fourth-order valence-corrected chi connectivity index (χ4v) is 1.27. The Morgan fingerprint density at radius 2 is 2.38 bits per heavy atom. The van der Waals surface area contributed by atoms with Gasteiger partial charge in [0.2, 0.25) is 5.91 Å². The summed E-state index contributed by atoms with van der Waals surface area (Å²) in [5.74, 6) is -0.0628. The zero-order valence-corrected chi connectivity index (χ0v) is 9.19. The van der Waals surface area contributed by atoms with Crippen LogP contribution >= 0.6 is 0 Å². The third-order valence-corrected chi connectivity index (χ3v) is 2.03. The number of hydrogen-bond donors (Lipinski definition) is 1. The van der Waals surface area contributed by atoms with Crippen LogP contribution in [-0.4, -0.2) is 19.6 Å². The van der Waals surface area contributed by atoms with Gasteiger partial charge in [0, 0.05) is 25.8 Å². The smallest absolute Gasteiger partial charge is 0.224 e. The third kappa shape index (κ3) is 4.11. The molecule has 4 nitrogen and oxygen atoms in total. The van der Waals surface area contributed by atoms with Crippen molar-refractivity contribution < 1.29 is 9.53 Å². The highest BCUT2D eigenvalue weighted by Crippen LogP contribution is 2.10. The van der Waals surface area contributed by atoms with Crippen molar-refractivity contribution in [2.45, 2.75) is 12.8 Å². The van der Waals surface area contributed by atoms with E-state index in [9.17, 15) is 4.79 Å². The number of benzene rings is 1. The number of methoxy groups -OCH3 is 1. The minimum absolute atomic E-state index is 0.0628.